The number of benzene rings is 4. The molecule has 7 aromatic rings. The minimum atomic E-state index is 0.646. The van der Waals surface area contributed by atoms with E-state index >= 15 is 0 Å². The van der Waals surface area contributed by atoms with Crippen molar-refractivity contribution < 1.29 is 0 Å². The van der Waals surface area contributed by atoms with Gasteiger partial charge in [0.25, 0.3) is 0 Å². The zero-order valence-corrected chi connectivity index (χ0v) is 21.3. The Labute approximate surface area is 222 Å². The first kappa shape index (κ1) is 22.2. The normalized spacial score (nSPS) is 11.8. The van der Waals surface area contributed by atoms with Crippen molar-refractivity contribution in [2.45, 2.75) is 13.5 Å². The summed E-state index contributed by atoms with van der Waals surface area (Å²) in [7, 11) is 0. The van der Waals surface area contributed by atoms with Gasteiger partial charge in [0.2, 0.25) is 0 Å². The number of nitrogens with zero attached hydrogens (tertiary/aromatic N) is 5. The first-order chi connectivity index (χ1) is 18.1. The number of aromatic nitrogens is 5. The van der Waals surface area contributed by atoms with Crippen molar-refractivity contribution in [3.05, 3.63) is 95.2 Å². The highest BCUT2D eigenvalue weighted by Gasteiger charge is 2.14. The van der Waals surface area contributed by atoms with Crippen molar-refractivity contribution in [1.29, 1.82) is 0 Å². The fraction of sp³-hybridized carbons (Fsp3) is 0.0667. The molecule has 4 aromatic carbocycles. The lowest BCUT2D eigenvalue weighted by atomic mass is 10.0. The van der Waals surface area contributed by atoms with E-state index in [1.54, 1.807) is 6.20 Å². The monoisotopic (exact) mass is 519 g/mol. The predicted molar refractivity (Wildman–Crippen MR) is 152 cm³/mol. The Hall–Kier alpha value is -4.06. The molecule has 0 fully saturated rings. The second-order valence-corrected chi connectivity index (χ2v) is 9.86. The summed E-state index contributed by atoms with van der Waals surface area (Å²) < 4.78 is 2.33. The first-order valence-electron chi connectivity index (χ1n) is 12.0. The third-order valence-corrected chi connectivity index (χ3v) is 7.25. The number of fused-ring (bicyclic) bond motifs is 5. The third kappa shape index (κ3) is 3.70. The Morgan fingerprint density at radius 1 is 0.595 bits per heavy atom. The number of halogens is 2. The summed E-state index contributed by atoms with van der Waals surface area (Å²) in [5.41, 5.74) is 9.19. The maximum atomic E-state index is 6.20. The lowest BCUT2D eigenvalue weighted by Gasteiger charge is -2.05. The van der Waals surface area contributed by atoms with E-state index < -0.39 is 0 Å². The number of hydrogen-bond acceptors (Lipinski definition) is 4. The van der Waals surface area contributed by atoms with Gasteiger partial charge >= 0.3 is 0 Å². The van der Waals surface area contributed by atoms with Crippen molar-refractivity contribution in [2.75, 3.05) is 0 Å². The van der Waals surface area contributed by atoms with Crippen LogP contribution < -0.4 is 0 Å². The Balaban J connectivity index is 1.41. The molecule has 0 bridgehead atoms. The summed E-state index contributed by atoms with van der Waals surface area (Å²) >= 11 is 12.3. The van der Waals surface area contributed by atoms with Crippen LogP contribution in [0.15, 0.2) is 85.2 Å². The highest BCUT2D eigenvalue weighted by atomic mass is 35.5. The molecule has 5 nitrogen and oxygen atoms in total. The van der Waals surface area contributed by atoms with Gasteiger partial charge in [0.15, 0.2) is 0 Å². The Kier molecular flexibility index (Phi) is 5.10. The molecule has 0 saturated carbocycles. The molecule has 0 aliphatic carbocycles. The highest BCUT2D eigenvalue weighted by Crippen LogP contribution is 2.35. The van der Waals surface area contributed by atoms with Crippen LogP contribution >= 0.6 is 23.2 Å². The standard InChI is InChI=1S/C30H19Cl2N5/c1-2-37-29-9-3-17(27-16-34-25-13-19(31)6-8-24(25)35-27)11-21(29)22-12-18(4-10-30(22)37)28-15-33-23-7-5-20(32)14-26(23)36-28/h3-16H,2H2,1H3. The van der Waals surface area contributed by atoms with E-state index in [4.69, 9.17) is 33.2 Å². The summed E-state index contributed by atoms with van der Waals surface area (Å²) in [6, 6.07) is 24.1. The molecule has 0 aliphatic heterocycles. The molecule has 0 aliphatic rings. The molecule has 0 saturated heterocycles. The molecule has 0 radical (unpaired) electrons. The van der Waals surface area contributed by atoms with E-state index in [2.05, 4.69) is 57.9 Å². The minimum absolute atomic E-state index is 0.646. The first-order valence-corrected chi connectivity index (χ1v) is 12.7. The molecule has 0 N–H and O–H groups in total. The molecular formula is C30H19Cl2N5. The highest BCUT2D eigenvalue weighted by molar-refractivity contribution is 6.31. The number of hydrogen-bond donors (Lipinski definition) is 0. The summed E-state index contributed by atoms with van der Waals surface area (Å²) in [5.74, 6) is 0. The molecule has 7 heteroatoms. The molecule has 0 atom stereocenters. The molecule has 3 aromatic heterocycles. The Morgan fingerprint density at radius 3 is 1.76 bits per heavy atom. The molecular weight excluding hydrogens is 501 g/mol. The number of aryl methyl sites for hydroxylation is 1. The summed E-state index contributed by atoms with van der Waals surface area (Å²) in [5, 5.41) is 3.61. The SMILES string of the molecule is CCn1c2ccc(-c3cnc4cc(Cl)ccc4n3)cc2c2cc(-c3cnc4ccc(Cl)cc4n3)ccc21. The van der Waals surface area contributed by atoms with Crippen molar-refractivity contribution in [2.24, 2.45) is 0 Å². The van der Waals surface area contributed by atoms with Crippen LogP contribution in [0, 0.1) is 0 Å². The van der Waals surface area contributed by atoms with Gasteiger partial charge in [-0.2, -0.15) is 0 Å². The molecule has 37 heavy (non-hydrogen) atoms. The molecule has 178 valence electrons. The van der Waals surface area contributed by atoms with E-state index in [0.29, 0.717) is 10.0 Å². The van der Waals surface area contributed by atoms with Crippen molar-refractivity contribution in [3.8, 4) is 22.5 Å². The van der Waals surface area contributed by atoms with Crippen LogP contribution in [0.3, 0.4) is 0 Å². The van der Waals surface area contributed by atoms with Crippen molar-refractivity contribution in [3.63, 3.8) is 0 Å². The second-order valence-electron chi connectivity index (χ2n) is 8.98. The second kappa shape index (κ2) is 8.51. The smallest absolute Gasteiger partial charge is 0.0909 e. The molecule has 3 heterocycles. The van der Waals surface area contributed by atoms with Gasteiger partial charge in [-0.1, -0.05) is 35.3 Å². The average molecular weight is 520 g/mol. The van der Waals surface area contributed by atoms with Gasteiger partial charge in [-0.15, -0.1) is 0 Å². The van der Waals surface area contributed by atoms with Gasteiger partial charge in [-0.3, -0.25) is 9.97 Å². The van der Waals surface area contributed by atoms with Crippen LogP contribution in [0.5, 0.6) is 0 Å². The summed E-state index contributed by atoms with van der Waals surface area (Å²) in [6.45, 7) is 3.03. The van der Waals surface area contributed by atoms with Gasteiger partial charge in [-0.25, -0.2) is 9.97 Å². The molecule has 0 spiro atoms. The van der Waals surface area contributed by atoms with Crippen LogP contribution in [0.2, 0.25) is 10.0 Å². The summed E-state index contributed by atoms with van der Waals surface area (Å²) in [6.07, 6.45) is 3.62. The molecule has 0 amide bonds. The average Bonchev–Trinajstić information content (AvgIpc) is 3.24. The van der Waals surface area contributed by atoms with Gasteiger partial charge in [-0.05, 0) is 67.6 Å². The Morgan fingerprint density at radius 2 is 1.14 bits per heavy atom. The number of rotatable bonds is 3. The van der Waals surface area contributed by atoms with E-state index in [9.17, 15) is 0 Å². The van der Waals surface area contributed by atoms with Gasteiger partial charge < -0.3 is 4.57 Å². The van der Waals surface area contributed by atoms with Crippen LogP contribution in [-0.2, 0) is 6.54 Å². The van der Waals surface area contributed by atoms with Crippen LogP contribution in [-0.4, -0.2) is 24.5 Å². The van der Waals surface area contributed by atoms with Gasteiger partial charge in [0, 0.05) is 49.5 Å². The van der Waals surface area contributed by atoms with Crippen LogP contribution in [0.4, 0.5) is 0 Å². The van der Waals surface area contributed by atoms with E-state index in [0.717, 1.165) is 61.9 Å². The van der Waals surface area contributed by atoms with Crippen molar-refractivity contribution in [1.82, 2.24) is 24.5 Å². The lowest BCUT2D eigenvalue weighted by molar-refractivity contribution is 0.827. The molecule has 0 unspecified atom stereocenters. The van der Waals surface area contributed by atoms with Crippen molar-refractivity contribution >= 4 is 67.1 Å². The largest absolute Gasteiger partial charge is 0.341 e. The van der Waals surface area contributed by atoms with Gasteiger partial charge in [0.05, 0.1) is 45.8 Å². The van der Waals surface area contributed by atoms with E-state index in [1.807, 2.05) is 42.6 Å². The minimum Gasteiger partial charge on any atom is -0.341 e. The predicted octanol–water partition coefficient (Wildman–Crippen LogP) is 8.34. The van der Waals surface area contributed by atoms with E-state index in [-0.39, 0.29) is 0 Å². The zero-order chi connectivity index (χ0) is 25.1. The lowest BCUT2D eigenvalue weighted by Crippen LogP contribution is -1.93. The fourth-order valence-electron chi connectivity index (χ4n) is 5.01. The topological polar surface area (TPSA) is 56.5 Å². The third-order valence-electron chi connectivity index (χ3n) is 6.78. The fourth-order valence-corrected chi connectivity index (χ4v) is 5.34. The Bertz CT molecular complexity index is 2010. The van der Waals surface area contributed by atoms with E-state index in [1.165, 1.54) is 11.0 Å². The molecule has 7 rings (SSSR count). The maximum Gasteiger partial charge on any atom is 0.0909 e. The quantitative estimate of drug-likeness (QED) is 0.235. The van der Waals surface area contributed by atoms with Crippen LogP contribution in [0.25, 0.3) is 66.4 Å². The van der Waals surface area contributed by atoms with Gasteiger partial charge in [0.1, 0.15) is 0 Å². The summed E-state index contributed by atoms with van der Waals surface area (Å²) in [4.78, 5) is 18.9. The maximum absolute atomic E-state index is 6.20. The van der Waals surface area contributed by atoms with Crippen LogP contribution in [0.1, 0.15) is 6.92 Å². The zero-order valence-electron chi connectivity index (χ0n) is 19.8.